The molecular formula is C29H35N5O3S2. The number of ether oxygens (including phenoxy) is 2. The van der Waals surface area contributed by atoms with E-state index in [0.29, 0.717) is 39.8 Å². The summed E-state index contributed by atoms with van der Waals surface area (Å²) in [4.78, 5) is 14.2. The molecule has 2 aromatic heterocycles. The number of allylic oxidation sites excluding steroid dienone is 1. The predicted molar refractivity (Wildman–Crippen MR) is 156 cm³/mol. The van der Waals surface area contributed by atoms with Crippen molar-refractivity contribution in [3.8, 4) is 17.6 Å². The van der Waals surface area contributed by atoms with Gasteiger partial charge < -0.3 is 14.8 Å². The molecule has 1 aromatic carbocycles. The van der Waals surface area contributed by atoms with Gasteiger partial charge in [-0.3, -0.25) is 9.36 Å². The number of thiophene rings is 1. The zero-order chi connectivity index (χ0) is 28.2. The van der Waals surface area contributed by atoms with E-state index in [1.54, 1.807) is 24.5 Å². The molecule has 1 N–H and O–H groups in total. The molecular weight excluding hydrogens is 530 g/mol. The Bertz CT molecular complexity index is 1370. The van der Waals surface area contributed by atoms with E-state index in [1.165, 1.54) is 16.6 Å². The molecule has 3 aromatic rings. The van der Waals surface area contributed by atoms with Gasteiger partial charge in [-0.1, -0.05) is 38.6 Å². The first-order valence-corrected chi connectivity index (χ1v) is 14.8. The number of hydrogen-bond donors (Lipinski definition) is 1. The molecule has 2 heterocycles. The molecule has 206 valence electrons. The molecule has 2 unspecified atom stereocenters. The summed E-state index contributed by atoms with van der Waals surface area (Å²) >= 11 is 2.84. The third-order valence-electron chi connectivity index (χ3n) is 6.98. The van der Waals surface area contributed by atoms with Gasteiger partial charge in [0.1, 0.15) is 22.6 Å². The highest BCUT2D eigenvalue weighted by molar-refractivity contribution is 7.99. The third-order valence-corrected chi connectivity index (χ3v) is 9.12. The first-order valence-electron chi connectivity index (χ1n) is 13.0. The lowest BCUT2D eigenvalue weighted by Gasteiger charge is -2.33. The van der Waals surface area contributed by atoms with Crippen molar-refractivity contribution < 1.29 is 14.3 Å². The topological polar surface area (TPSA) is 102 Å². The molecule has 39 heavy (non-hydrogen) atoms. The van der Waals surface area contributed by atoms with Crippen LogP contribution >= 0.6 is 23.1 Å². The summed E-state index contributed by atoms with van der Waals surface area (Å²) in [6.45, 7) is 13.0. The van der Waals surface area contributed by atoms with Crippen molar-refractivity contribution >= 4 is 34.0 Å². The first-order chi connectivity index (χ1) is 18.6. The molecule has 0 saturated carbocycles. The second-order valence-corrected chi connectivity index (χ2v) is 12.7. The standard InChI is InChI=1S/C29H35N5O3S2/c1-7-14-34-26(18(2)37-21-11-9-20(36-6)10-12-21)32-33-28(34)38-17-25(35)31-27-23(16-30)22-13-8-19(29(3,4)5)15-24(22)39-27/h7,9-12,18-19H,1,8,13-15,17H2,2-6H3,(H,31,35). The minimum atomic E-state index is -0.374. The largest absolute Gasteiger partial charge is 0.497 e. The van der Waals surface area contributed by atoms with E-state index in [2.05, 4.69) is 48.9 Å². The highest BCUT2D eigenvalue weighted by atomic mass is 32.2. The van der Waals surface area contributed by atoms with Crippen LogP contribution in [0.25, 0.3) is 0 Å². The van der Waals surface area contributed by atoms with Gasteiger partial charge in [-0.25, -0.2) is 0 Å². The van der Waals surface area contributed by atoms with Gasteiger partial charge in [0, 0.05) is 11.4 Å². The van der Waals surface area contributed by atoms with Crippen molar-refractivity contribution in [3.05, 3.63) is 58.7 Å². The molecule has 10 heteroatoms. The summed E-state index contributed by atoms with van der Waals surface area (Å²) in [6.07, 6.45) is 4.28. The quantitative estimate of drug-likeness (QED) is 0.223. The number of thioether (sulfide) groups is 1. The zero-order valence-electron chi connectivity index (χ0n) is 23.1. The van der Waals surface area contributed by atoms with Crippen molar-refractivity contribution in [1.82, 2.24) is 14.8 Å². The Balaban J connectivity index is 1.42. The maximum atomic E-state index is 12.9. The van der Waals surface area contributed by atoms with Crippen LogP contribution in [0, 0.1) is 22.7 Å². The summed E-state index contributed by atoms with van der Waals surface area (Å²) in [5, 5.41) is 22.8. The Morgan fingerprint density at radius 1 is 1.33 bits per heavy atom. The number of aromatic nitrogens is 3. The lowest BCUT2D eigenvalue weighted by Crippen LogP contribution is -2.26. The molecule has 0 fully saturated rings. The fourth-order valence-electron chi connectivity index (χ4n) is 4.74. The number of fused-ring (bicyclic) bond motifs is 1. The van der Waals surface area contributed by atoms with Gasteiger partial charge in [-0.2, -0.15) is 5.26 Å². The molecule has 4 rings (SSSR count). The van der Waals surface area contributed by atoms with Gasteiger partial charge in [-0.15, -0.1) is 28.1 Å². The number of amides is 1. The van der Waals surface area contributed by atoms with Crippen LogP contribution in [0.4, 0.5) is 5.00 Å². The zero-order valence-corrected chi connectivity index (χ0v) is 24.7. The minimum absolute atomic E-state index is 0.140. The van der Waals surface area contributed by atoms with Crippen LogP contribution in [0.2, 0.25) is 0 Å². The van der Waals surface area contributed by atoms with Gasteiger partial charge >= 0.3 is 0 Å². The second kappa shape index (κ2) is 12.3. The maximum absolute atomic E-state index is 12.9. The lowest BCUT2D eigenvalue weighted by atomic mass is 9.72. The molecule has 8 nitrogen and oxygen atoms in total. The van der Waals surface area contributed by atoms with Crippen molar-refractivity contribution in [2.75, 3.05) is 18.2 Å². The van der Waals surface area contributed by atoms with Crippen molar-refractivity contribution in [3.63, 3.8) is 0 Å². The average Bonchev–Trinajstić information content (AvgIpc) is 3.47. The number of hydrogen-bond acceptors (Lipinski definition) is 8. The number of nitrogens with one attached hydrogen (secondary N) is 1. The minimum Gasteiger partial charge on any atom is -0.497 e. The highest BCUT2D eigenvalue weighted by Gasteiger charge is 2.32. The van der Waals surface area contributed by atoms with Crippen LogP contribution in [0.1, 0.15) is 62.0 Å². The fraction of sp³-hybridized carbons (Fsp3) is 0.448. The number of nitrogens with zero attached hydrogens (tertiary/aromatic N) is 4. The molecule has 0 spiro atoms. The number of methoxy groups -OCH3 is 1. The Hall–Kier alpha value is -3.29. The van der Waals surface area contributed by atoms with Crippen LogP contribution in [0.5, 0.6) is 11.5 Å². The summed E-state index contributed by atoms with van der Waals surface area (Å²) in [5.41, 5.74) is 1.93. The number of rotatable bonds is 10. The average molecular weight is 566 g/mol. The van der Waals surface area contributed by atoms with Gasteiger partial charge in [0.05, 0.1) is 18.4 Å². The Morgan fingerprint density at radius 2 is 2.05 bits per heavy atom. The molecule has 1 aliphatic rings. The van der Waals surface area contributed by atoms with Gasteiger partial charge in [0.2, 0.25) is 5.91 Å². The number of carbonyl (C=O) groups is 1. The van der Waals surface area contributed by atoms with E-state index in [-0.39, 0.29) is 23.2 Å². The van der Waals surface area contributed by atoms with Crippen molar-refractivity contribution in [2.24, 2.45) is 11.3 Å². The smallest absolute Gasteiger partial charge is 0.235 e. The number of carbonyl (C=O) groups excluding carboxylic acids is 1. The summed E-state index contributed by atoms with van der Waals surface area (Å²) < 4.78 is 13.2. The van der Waals surface area contributed by atoms with Crippen LogP contribution in [-0.4, -0.2) is 33.5 Å². The Kier molecular flexibility index (Phi) is 9.03. The Labute approximate surface area is 238 Å². The van der Waals surface area contributed by atoms with Crippen molar-refractivity contribution in [1.29, 1.82) is 5.26 Å². The van der Waals surface area contributed by atoms with Crippen molar-refractivity contribution in [2.45, 2.75) is 64.8 Å². The van der Waals surface area contributed by atoms with E-state index < -0.39 is 0 Å². The van der Waals surface area contributed by atoms with Gasteiger partial charge in [-0.05, 0) is 67.3 Å². The summed E-state index contributed by atoms with van der Waals surface area (Å²) in [7, 11) is 1.62. The molecule has 0 bridgehead atoms. The van der Waals surface area contributed by atoms with Gasteiger partial charge in [0.25, 0.3) is 0 Å². The molecule has 0 aliphatic heterocycles. The van der Waals surface area contributed by atoms with Crippen LogP contribution in [-0.2, 0) is 24.2 Å². The van der Waals surface area contributed by atoms with Crippen LogP contribution in [0.15, 0.2) is 42.1 Å². The number of benzene rings is 1. The molecule has 0 radical (unpaired) electrons. The third kappa shape index (κ3) is 6.65. The molecule has 0 saturated heterocycles. The molecule has 1 amide bonds. The second-order valence-electron chi connectivity index (χ2n) is 10.6. The molecule has 1 aliphatic carbocycles. The fourth-order valence-corrected chi connectivity index (χ4v) is 6.79. The Morgan fingerprint density at radius 3 is 2.69 bits per heavy atom. The highest BCUT2D eigenvalue weighted by Crippen LogP contribution is 2.44. The predicted octanol–water partition coefficient (Wildman–Crippen LogP) is 6.43. The van der Waals surface area contributed by atoms with E-state index >= 15 is 0 Å². The summed E-state index contributed by atoms with van der Waals surface area (Å²) in [6, 6.07) is 9.68. The first kappa shape index (κ1) is 28.7. The normalized spacial score (nSPS) is 15.6. The SMILES string of the molecule is C=CCn1c(SCC(=O)Nc2sc3c(c2C#N)CCC(C(C)(C)C)C3)nnc1C(C)Oc1ccc(OC)cc1. The van der Waals surface area contributed by atoms with E-state index in [4.69, 9.17) is 9.47 Å². The molecule has 2 atom stereocenters. The lowest BCUT2D eigenvalue weighted by molar-refractivity contribution is -0.113. The van der Waals surface area contributed by atoms with Gasteiger partial charge in [0.15, 0.2) is 17.1 Å². The monoisotopic (exact) mass is 565 g/mol. The maximum Gasteiger partial charge on any atom is 0.235 e. The number of nitriles is 1. The summed E-state index contributed by atoms with van der Waals surface area (Å²) in [5.74, 6) is 2.60. The van der Waals surface area contributed by atoms with E-state index in [1.807, 2.05) is 35.8 Å². The van der Waals surface area contributed by atoms with Crippen LogP contribution < -0.4 is 14.8 Å². The van der Waals surface area contributed by atoms with E-state index in [0.717, 1.165) is 30.6 Å². The van der Waals surface area contributed by atoms with Crippen LogP contribution in [0.3, 0.4) is 0 Å². The van der Waals surface area contributed by atoms with E-state index in [9.17, 15) is 10.1 Å². The number of anilines is 1.